The number of allylic oxidation sites excluding steroid dienone is 1. The molecule has 0 bridgehead atoms. The molecule has 8 heteroatoms. The summed E-state index contributed by atoms with van der Waals surface area (Å²) < 4.78 is 5.47. The van der Waals surface area contributed by atoms with Crippen molar-refractivity contribution in [1.29, 1.82) is 0 Å². The van der Waals surface area contributed by atoms with Gasteiger partial charge in [-0.15, -0.1) is 11.8 Å². The Morgan fingerprint density at radius 1 is 1.19 bits per heavy atom. The molecule has 190 valence electrons. The van der Waals surface area contributed by atoms with Crippen LogP contribution in [0.5, 0.6) is 0 Å². The molecule has 2 unspecified atom stereocenters. The Labute approximate surface area is 217 Å². The van der Waals surface area contributed by atoms with Crippen molar-refractivity contribution in [2.45, 2.75) is 38.8 Å². The Morgan fingerprint density at radius 3 is 2.64 bits per heavy atom. The maximum atomic E-state index is 13.6. The molecule has 2 N–H and O–H groups in total. The molecule has 1 amide bonds. The summed E-state index contributed by atoms with van der Waals surface area (Å²) in [5.41, 5.74) is 4.86. The lowest BCUT2D eigenvalue weighted by molar-refractivity contribution is -0.120. The number of fused-ring (bicyclic) bond motifs is 1. The van der Waals surface area contributed by atoms with E-state index in [1.165, 1.54) is 5.69 Å². The van der Waals surface area contributed by atoms with Crippen LogP contribution in [0.25, 0.3) is 22.2 Å². The van der Waals surface area contributed by atoms with E-state index in [1.807, 2.05) is 31.4 Å². The predicted molar refractivity (Wildman–Crippen MR) is 150 cm³/mol. The number of hydrogen-bond donors (Lipinski definition) is 2. The fraction of sp³-hybridized carbons (Fsp3) is 0.429. The highest BCUT2D eigenvalue weighted by atomic mass is 32.2. The number of aromatic amines is 1. The predicted octanol–water partition coefficient (Wildman–Crippen LogP) is 5.12. The lowest BCUT2D eigenvalue weighted by Gasteiger charge is -2.31. The van der Waals surface area contributed by atoms with Gasteiger partial charge in [0, 0.05) is 46.4 Å². The first-order chi connectivity index (χ1) is 17.6. The van der Waals surface area contributed by atoms with Crippen LogP contribution >= 0.6 is 11.8 Å². The van der Waals surface area contributed by atoms with Crippen LogP contribution in [0.2, 0.25) is 0 Å². The molecule has 0 radical (unpaired) electrons. The maximum absolute atomic E-state index is 13.6. The first-order valence-electron chi connectivity index (χ1n) is 12.8. The Balaban J connectivity index is 1.39. The van der Waals surface area contributed by atoms with Crippen LogP contribution in [0, 0.1) is 0 Å². The van der Waals surface area contributed by atoms with Crippen LogP contribution < -0.4 is 10.2 Å². The maximum Gasteiger partial charge on any atom is 0.246 e. The summed E-state index contributed by atoms with van der Waals surface area (Å²) in [6, 6.07) is 14.6. The van der Waals surface area contributed by atoms with E-state index in [0.717, 1.165) is 78.4 Å². The lowest BCUT2D eigenvalue weighted by Crippen LogP contribution is -2.46. The van der Waals surface area contributed by atoms with Gasteiger partial charge in [0.2, 0.25) is 5.91 Å². The first kappa shape index (κ1) is 24.9. The molecule has 2 saturated heterocycles. The molecule has 0 aliphatic carbocycles. The van der Waals surface area contributed by atoms with Crippen molar-refractivity contribution in [3.8, 4) is 11.3 Å². The fourth-order valence-electron chi connectivity index (χ4n) is 5.34. The van der Waals surface area contributed by atoms with Crippen molar-refractivity contribution in [3.63, 3.8) is 0 Å². The minimum absolute atomic E-state index is 0.0189. The molecule has 3 aromatic rings. The van der Waals surface area contributed by atoms with Gasteiger partial charge in [-0.25, -0.2) is 0 Å². The van der Waals surface area contributed by atoms with E-state index in [9.17, 15) is 4.79 Å². The third kappa shape index (κ3) is 5.03. The average molecular weight is 506 g/mol. The summed E-state index contributed by atoms with van der Waals surface area (Å²) in [7, 11) is 0. The standard InChI is InChI=1S/C28H35N5O2S/c1-4-25(36-3)27(33-13-5-6-19(33)2)28(34)29-21-9-12-24-23(18-21)26(31-30-24)20-7-10-22(11-8-20)32-14-16-35-17-15-32/h4,7-12,18-19,27H,5-6,13-17H2,1-3H3,(H,29,34)(H,30,31). The van der Waals surface area contributed by atoms with Gasteiger partial charge >= 0.3 is 0 Å². The largest absolute Gasteiger partial charge is 0.378 e. The number of likely N-dealkylation sites (tertiary alicyclic amines) is 1. The highest BCUT2D eigenvalue weighted by Gasteiger charge is 2.34. The van der Waals surface area contributed by atoms with E-state index >= 15 is 0 Å². The molecule has 2 fully saturated rings. The molecule has 3 heterocycles. The summed E-state index contributed by atoms with van der Waals surface area (Å²) in [4.78, 5) is 19.3. The minimum atomic E-state index is -0.269. The van der Waals surface area contributed by atoms with Crippen LogP contribution in [0.1, 0.15) is 26.7 Å². The summed E-state index contributed by atoms with van der Waals surface area (Å²) in [6.07, 6.45) is 6.37. The molecular weight excluding hydrogens is 470 g/mol. The van der Waals surface area contributed by atoms with Gasteiger partial charge in [-0.1, -0.05) is 18.2 Å². The number of thioether (sulfide) groups is 1. The van der Waals surface area contributed by atoms with E-state index in [2.05, 4.69) is 62.6 Å². The topological polar surface area (TPSA) is 73.5 Å². The smallest absolute Gasteiger partial charge is 0.246 e. The molecule has 2 aromatic carbocycles. The molecule has 2 aliphatic rings. The van der Waals surface area contributed by atoms with Gasteiger partial charge in [0.25, 0.3) is 0 Å². The number of nitrogens with zero attached hydrogens (tertiary/aromatic N) is 3. The van der Waals surface area contributed by atoms with Crippen LogP contribution in [-0.2, 0) is 9.53 Å². The minimum Gasteiger partial charge on any atom is -0.378 e. The van der Waals surface area contributed by atoms with Gasteiger partial charge < -0.3 is 15.0 Å². The van der Waals surface area contributed by atoms with E-state index < -0.39 is 0 Å². The molecule has 0 saturated carbocycles. The number of aromatic nitrogens is 2. The Hall–Kier alpha value is -2.81. The monoisotopic (exact) mass is 505 g/mol. The number of morpholine rings is 1. The van der Waals surface area contributed by atoms with Crippen molar-refractivity contribution in [2.24, 2.45) is 0 Å². The molecule has 2 atom stereocenters. The molecule has 5 rings (SSSR count). The summed E-state index contributed by atoms with van der Waals surface area (Å²) in [5.74, 6) is 0.0189. The van der Waals surface area contributed by atoms with Crippen LogP contribution in [0.15, 0.2) is 53.4 Å². The number of anilines is 2. The quantitative estimate of drug-likeness (QED) is 0.464. The molecule has 0 spiro atoms. The Kier molecular flexibility index (Phi) is 7.65. The second-order valence-electron chi connectivity index (χ2n) is 9.49. The van der Waals surface area contributed by atoms with Gasteiger partial charge in [-0.2, -0.15) is 5.10 Å². The summed E-state index contributed by atoms with van der Waals surface area (Å²) in [6.45, 7) is 8.54. The van der Waals surface area contributed by atoms with E-state index in [-0.39, 0.29) is 11.9 Å². The average Bonchev–Trinajstić information content (AvgIpc) is 3.53. The molecular formula is C28H35N5O2S. The van der Waals surface area contributed by atoms with Crippen LogP contribution in [0.3, 0.4) is 0 Å². The van der Waals surface area contributed by atoms with Crippen molar-refractivity contribution >= 4 is 39.9 Å². The van der Waals surface area contributed by atoms with Gasteiger partial charge in [0.05, 0.1) is 24.4 Å². The zero-order chi connectivity index (χ0) is 25.1. The number of amides is 1. The van der Waals surface area contributed by atoms with Crippen molar-refractivity contribution in [2.75, 3.05) is 49.3 Å². The van der Waals surface area contributed by atoms with Crippen LogP contribution in [-0.4, -0.2) is 72.2 Å². The number of carbonyl (C=O) groups is 1. The number of rotatable bonds is 7. The lowest BCUT2D eigenvalue weighted by atomic mass is 10.1. The molecule has 36 heavy (non-hydrogen) atoms. The Morgan fingerprint density at radius 2 is 1.97 bits per heavy atom. The van der Waals surface area contributed by atoms with Crippen molar-refractivity contribution in [3.05, 3.63) is 53.4 Å². The third-order valence-corrected chi connectivity index (χ3v) is 8.25. The SMILES string of the molecule is CC=C(SC)C(C(=O)Nc1ccc2[nH]nc(-c3ccc(N4CCOCC4)cc3)c2c1)N1CCCC1C. The van der Waals surface area contributed by atoms with Gasteiger partial charge in [-0.3, -0.25) is 14.8 Å². The molecule has 7 nitrogen and oxygen atoms in total. The van der Waals surface area contributed by atoms with Crippen LogP contribution in [0.4, 0.5) is 11.4 Å². The first-order valence-corrected chi connectivity index (χ1v) is 14.0. The zero-order valence-corrected chi connectivity index (χ0v) is 22.1. The van der Waals surface area contributed by atoms with Crippen molar-refractivity contribution < 1.29 is 9.53 Å². The second kappa shape index (κ2) is 11.1. The highest BCUT2D eigenvalue weighted by Crippen LogP contribution is 2.32. The highest BCUT2D eigenvalue weighted by molar-refractivity contribution is 8.02. The van der Waals surface area contributed by atoms with Gasteiger partial charge in [-0.05, 0) is 69.8 Å². The van der Waals surface area contributed by atoms with Crippen molar-refractivity contribution in [1.82, 2.24) is 15.1 Å². The van der Waals surface area contributed by atoms with E-state index in [1.54, 1.807) is 11.8 Å². The fourth-order valence-corrected chi connectivity index (χ4v) is 6.05. The molecule has 1 aromatic heterocycles. The summed E-state index contributed by atoms with van der Waals surface area (Å²) in [5, 5.41) is 11.9. The number of carbonyl (C=O) groups excluding carboxylic acids is 1. The molecule has 2 aliphatic heterocycles. The summed E-state index contributed by atoms with van der Waals surface area (Å²) >= 11 is 1.65. The number of ether oxygens (including phenoxy) is 1. The van der Waals surface area contributed by atoms with Gasteiger partial charge in [0.15, 0.2) is 0 Å². The van der Waals surface area contributed by atoms with Gasteiger partial charge in [0.1, 0.15) is 6.04 Å². The van der Waals surface area contributed by atoms with E-state index in [0.29, 0.717) is 6.04 Å². The number of nitrogens with one attached hydrogen (secondary N) is 2. The third-order valence-electron chi connectivity index (χ3n) is 7.32. The number of H-pyrrole nitrogens is 1. The normalized spacial score (nSPS) is 20.1. The van der Waals surface area contributed by atoms with E-state index in [4.69, 9.17) is 4.74 Å². The second-order valence-corrected chi connectivity index (χ2v) is 10.4. The zero-order valence-electron chi connectivity index (χ0n) is 21.3. The Bertz CT molecular complexity index is 1230. The number of benzene rings is 2. The number of hydrogen-bond acceptors (Lipinski definition) is 6.